The molecule has 1 aliphatic heterocycles. The highest BCUT2D eigenvalue weighted by molar-refractivity contribution is 4.86. The second-order valence-electron chi connectivity index (χ2n) is 6.67. The van der Waals surface area contributed by atoms with Gasteiger partial charge in [0.05, 0.1) is 13.2 Å². The van der Waals surface area contributed by atoms with Crippen LogP contribution in [0.15, 0.2) is 12.2 Å². The first-order valence-corrected chi connectivity index (χ1v) is 9.55. The van der Waals surface area contributed by atoms with E-state index in [-0.39, 0.29) is 13.2 Å². The van der Waals surface area contributed by atoms with Gasteiger partial charge >= 0.3 is 0 Å². The van der Waals surface area contributed by atoms with Crippen molar-refractivity contribution in [3.8, 4) is 0 Å². The Hall–Kier alpha value is -0.460. The average molecular weight is 344 g/mol. The number of rotatable bonds is 13. The zero-order chi connectivity index (χ0) is 17.6. The Morgan fingerprint density at radius 3 is 2.33 bits per heavy atom. The molecule has 0 aliphatic carbocycles. The van der Waals surface area contributed by atoms with Crippen LogP contribution in [0.5, 0.6) is 0 Å². The molecule has 0 aromatic rings. The summed E-state index contributed by atoms with van der Waals surface area (Å²) in [6, 6.07) is 0. The van der Waals surface area contributed by atoms with E-state index in [0.717, 1.165) is 12.8 Å². The molecule has 0 amide bonds. The van der Waals surface area contributed by atoms with Crippen LogP contribution in [-0.2, 0) is 9.47 Å². The number of aliphatic hydroxyl groups is 3. The molecule has 5 heteroatoms. The maximum absolute atomic E-state index is 9.78. The van der Waals surface area contributed by atoms with E-state index in [4.69, 9.17) is 9.47 Å². The van der Waals surface area contributed by atoms with Crippen LogP contribution in [0.4, 0.5) is 0 Å². The predicted molar refractivity (Wildman–Crippen MR) is 94.9 cm³/mol. The summed E-state index contributed by atoms with van der Waals surface area (Å²) in [6.07, 6.45) is 11.6. The van der Waals surface area contributed by atoms with Crippen LogP contribution in [0.25, 0.3) is 0 Å². The second-order valence-corrected chi connectivity index (χ2v) is 6.67. The van der Waals surface area contributed by atoms with E-state index in [9.17, 15) is 15.3 Å². The van der Waals surface area contributed by atoms with E-state index in [2.05, 4.69) is 19.1 Å². The van der Waals surface area contributed by atoms with Crippen LogP contribution in [0, 0.1) is 0 Å². The predicted octanol–water partition coefficient (Wildman–Crippen LogP) is 2.57. The first kappa shape index (κ1) is 21.6. The van der Waals surface area contributed by atoms with E-state index in [1.165, 1.54) is 44.9 Å². The third kappa shape index (κ3) is 9.14. The molecule has 142 valence electrons. The Bertz CT molecular complexity index is 321. The van der Waals surface area contributed by atoms with E-state index >= 15 is 0 Å². The van der Waals surface area contributed by atoms with Gasteiger partial charge in [-0.25, -0.2) is 0 Å². The molecule has 3 N–H and O–H groups in total. The van der Waals surface area contributed by atoms with Crippen LogP contribution in [0.3, 0.4) is 0 Å². The molecule has 1 heterocycles. The third-order valence-corrected chi connectivity index (χ3v) is 4.42. The quantitative estimate of drug-likeness (QED) is 0.353. The molecule has 0 aromatic carbocycles. The number of unbranched alkanes of at least 4 members (excludes halogenated alkanes) is 7. The topological polar surface area (TPSA) is 79.2 Å². The molecular formula is C19H36O5. The molecule has 0 radical (unpaired) electrons. The van der Waals surface area contributed by atoms with Crippen molar-refractivity contribution < 1.29 is 24.8 Å². The van der Waals surface area contributed by atoms with Crippen molar-refractivity contribution in [2.45, 2.75) is 89.1 Å². The largest absolute Gasteiger partial charge is 0.388 e. The molecule has 1 aliphatic rings. The van der Waals surface area contributed by atoms with E-state index in [1.807, 2.05) is 0 Å². The number of aliphatic hydroxyl groups excluding tert-OH is 3. The third-order valence-electron chi connectivity index (χ3n) is 4.42. The molecule has 0 aromatic heterocycles. The van der Waals surface area contributed by atoms with Gasteiger partial charge in [0, 0.05) is 6.61 Å². The molecule has 4 atom stereocenters. The van der Waals surface area contributed by atoms with Gasteiger partial charge in [0.25, 0.3) is 0 Å². The number of ether oxygens (including phenoxy) is 2. The van der Waals surface area contributed by atoms with Crippen LogP contribution in [0.2, 0.25) is 0 Å². The molecule has 0 bridgehead atoms. The SMILES string of the molecule is CCC/C=C/CCCCCCCCOC[C@@H]1OC[C@@H](O)[C@H](O)[C@H]1O. The Morgan fingerprint density at radius 1 is 0.917 bits per heavy atom. The van der Waals surface area contributed by atoms with E-state index in [0.29, 0.717) is 6.61 Å². The smallest absolute Gasteiger partial charge is 0.111 e. The van der Waals surface area contributed by atoms with Gasteiger partial charge in [0.1, 0.15) is 24.4 Å². The minimum atomic E-state index is -1.15. The molecule has 0 spiro atoms. The van der Waals surface area contributed by atoms with Crippen LogP contribution < -0.4 is 0 Å². The van der Waals surface area contributed by atoms with Gasteiger partial charge in [-0.05, 0) is 25.7 Å². The molecule has 0 unspecified atom stereocenters. The average Bonchev–Trinajstić information content (AvgIpc) is 2.58. The minimum Gasteiger partial charge on any atom is -0.388 e. The van der Waals surface area contributed by atoms with E-state index < -0.39 is 24.4 Å². The molecular weight excluding hydrogens is 308 g/mol. The molecule has 1 saturated heterocycles. The normalized spacial score (nSPS) is 27.8. The van der Waals surface area contributed by atoms with Gasteiger partial charge in [0.2, 0.25) is 0 Å². The van der Waals surface area contributed by atoms with Crippen molar-refractivity contribution in [3.63, 3.8) is 0 Å². The van der Waals surface area contributed by atoms with Crippen molar-refractivity contribution in [1.29, 1.82) is 0 Å². The Morgan fingerprint density at radius 2 is 1.58 bits per heavy atom. The molecule has 1 fully saturated rings. The highest BCUT2D eigenvalue weighted by atomic mass is 16.6. The van der Waals surface area contributed by atoms with Gasteiger partial charge in [0.15, 0.2) is 0 Å². The lowest BCUT2D eigenvalue weighted by Gasteiger charge is -2.35. The fourth-order valence-corrected chi connectivity index (χ4v) is 2.79. The summed E-state index contributed by atoms with van der Waals surface area (Å²) in [7, 11) is 0. The van der Waals surface area contributed by atoms with Crippen molar-refractivity contribution >= 4 is 0 Å². The molecule has 0 saturated carbocycles. The van der Waals surface area contributed by atoms with Crippen molar-refractivity contribution in [2.75, 3.05) is 19.8 Å². The first-order chi connectivity index (χ1) is 11.7. The Balaban J connectivity index is 1.87. The highest BCUT2D eigenvalue weighted by Gasteiger charge is 2.37. The second kappa shape index (κ2) is 13.8. The summed E-state index contributed by atoms with van der Waals surface area (Å²) in [5.74, 6) is 0. The monoisotopic (exact) mass is 344 g/mol. The van der Waals surface area contributed by atoms with Crippen LogP contribution >= 0.6 is 0 Å². The standard InChI is InChI=1S/C19H36O5/c1-2-3-4-5-6-7-8-9-10-11-12-13-23-15-17-19(22)18(21)16(20)14-24-17/h4-5,16-22H,2-3,6-15H2,1H3/b5-4+/t16-,17+,18+,19+/m1/s1. The minimum absolute atomic E-state index is 0.0416. The highest BCUT2D eigenvalue weighted by Crippen LogP contribution is 2.16. The Labute approximate surface area is 146 Å². The molecule has 1 rings (SSSR count). The van der Waals surface area contributed by atoms with Crippen molar-refractivity contribution in [1.82, 2.24) is 0 Å². The number of hydrogen-bond acceptors (Lipinski definition) is 5. The zero-order valence-electron chi connectivity index (χ0n) is 15.1. The lowest BCUT2D eigenvalue weighted by atomic mass is 10.0. The summed E-state index contributed by atoms with van der Waals surface area (Å²) in [4.78, 5) is 0. The van der Waals surface area contributed by atoms with Gasteiger partial charge in [-0.2, -0.15) is 0 Å². The number of hydrogen-bond donors (Lipinski definition) is 3. The summed E-state index contributed by atoms with van der Waals surface area (Å²) in [5.41, 5.74) is 0. The lowest BCUT2D eigenvalue weighted by molar-refractivity contribution is -0.199. The van der Waals surface area contributed by atoms with Crippen LogP contribution in [0.1, 0.15) is 64.7 Å². The van der Waals surface area contributed by atoms with Gasteiger partial charge in [-0.15, -0.1) is 0 Å². The Kier molecular flexibility index (Phi) is 12.4. The van der Waals surface area contributed by atoms with Gasteiger partial charge < -0.3 is 24.8 Å². The van der Waals surface area contributed by atoms with Crippen LogP contribution in [-0.4, -0.2) is 59.6 Å². The molecule has 24 heavy (non-hydrogen) atoms. The fraction of sp³-hybridized carbons (Fsp3) is 0.895. The maximum atomic E-state index is 9.78. The summed E-state index contributed by atoms with van der Waals surface area (Å²) >= 11 is 0. The zero-order valence-corrected chi connectivity index (χ0v) is 15.1. The maximum Gasteiger partial charge on any atom is 0.111 e. The van der Waals surface area contributed by atoms with Crippen molar-refractivity contribution in [3.05, 3.63) is 12.2 Å². The number of allylic oxidation sites excluding steroid dienone is 2. The van der Waals surface area contributed by atoms with Gasteiger partial charge in [-0.3, -0.25) is 0 Å². The summed E-state index contributed by atoms with van der Waals surface area (Å²) < 4.78 is 10.8. The molecule has 5 nitrogen and oxygen atoms in total. The summed E-state index contributed by atoms with van der Waals surface area (Å²) in [6.45, 7) is 3.14. The lowest BCUT2D eigenvalue weighted by Crippen LogP contribution is -2.54. The van der Waals surface area contributed by atoms with Crippen molar-refractivity contribution in [2.24, 2.45) is 0 Å². The summed E-state index contributed by atoms with van der Waals surface area (Å²) in [5, 5.41) is 28.7. The first-order valence-electron chi connectivity index (χ1n) is 9.55. The van der Waals surface area contributed by atoms with E-state index in [1.54, 1.807) is 0 Å². The fourth-order valence-electron chi connectivity index (χ4n) is 2.79. The van der Waals surface area contributed by atoms with Gasteiger partial charge in [-0.1, -0.05) is 51.2 Å².